The Morgan fingerprint density at radius 3 is 2.20 bits per heavy atom. The first-order valence-electron chi connectivity index (χ1n) is 7.82. The number of hydrogen-bond donors (Lipinski definition) is 1. The molecule has 0 fully saturated rings. The SMILES string of the molecule is COc1ccc(OCCN(C)C(=O)C(C)(N)c2ccccc2)cc1.Cl. The van der Waals surface area contributed by atoms with Crippen LogP contribution in [0, 0.1) is 0 Å². The van der Waals surface area contributed by atoms with Gasteiger partial charge in [-0.3, -0.25) is 4.79 Å². The van der Waals surface area contributed by atoms with E-state index in [1.54, 1.807) is 26.0 Å². The van der Waals surface area contributed by atoms with Gasteiger partial charge in [0.2, 0.25) is 5.91 Å². The number of carbonyl (C=O) groups excluding carboxylic acids is 1. The zero-order valence-corrected chi connectivity index (χ0v) is 15.6. The molecule has 1 atom stereocenters. The predicted molar refractivity (Wildman–Crippen MR) is 101 cm³/mol. The summed E-state index contributed by atoms with van der Waals surface area (Å²) >= 11 is 0. The van der Waals surface area contributed by atoms with Gasteiger partial charge in [0.05, 0.1) is 13.7 Å². The Morgan fingerprint density at radius 1 is 1.08 bits per heavy atom. The van der Waals surface area contributed by atoms with E-state index >= 15 is 0 Å². The Morgan fingerprint density at radius 2 is 1.64 bits per heavy atom. The van der Waals surface area contributed by atoms with Crippen LogP contribution in [0.5, 0.6) is 11.5 Å². The van der Waals surface area contributed by atoms with E-state index in [0.29, 0.717) is 13.2 Å². The Kier molecular flexibility index (Phi) is 7.74. The van der Waals surface area contributed by atoms with Crippen molar-refractivity contribution in [1.29, 1.82) is 0 Å². The lowest BCUT2D eigenvalue weighted by molar-refractivity contribution is -0.135. The predicted octanol–water partition coefficient (Wildman–Crippen LogP) is 2.83. The highest BCUT2D eigenvalue weighted by molar-refractivity contribution is 5.86. The van der Waals surface area contributed by atoms with Crippen molar-refractivity contribution >= 4 is 18.3 Å². The first-order valence-corrected chi connectivity index (χ1v) is 7.82. The lowest BCUT2D eigenvalue weighted by Gasteiger charge is -2.29. The number of likely N-dealkylation sites (N-methyl/N-ethyl adjacent to an activating group) is 1. The third kappa shape index (κ3) is 5.37. The molecule has 6 heteroatoms. The number of methoxy groups -OCH3 is 1. The number of nitrogens with zero attached hydrogens (tertiary/aromatic N) is 1. The van der Waals surface area contributed by atoms with Crippen LogP contribution in [0.2, 0.25) is 0 Å². The van der Waals surface area contributed by atoms with E-state index in [4.69, 9.17) is 15.2 Å². The summed E-state index contributed by atoms with van der Waals surface area (Å²) in [5, 5.41) is 0. The van der Waals surface area contributed by atoms with Crippen LogP contribution in [-0.2, 0) is 10.3 Å². The van der Waals surface area contributed by atoms with Gasteiger partial charge in [0, 0.05) is 7.05 Å². The molecule has 0 aromatic heterocycles. The molecule has 5 nitrogen and oxygen atoms in total. The standard InChI is InChI=1S/C19H24N2O3.ClH/c1-19(20,15-7-5-4-6-8-15)18(22)21(2)13-14-24-17-11-9-16(23-3)10-12-17;/h4-12H,13-14,20H2,1-3H3;1H. The van der Waals surface area contributed by atoms with Crippen molar-refractivity contribution in [3.05, 3.63) is 60.2 Å². The summed E-state index contributed by atoms with van der Waals surface area (Å²) in [7, 11) is 3.35. The van der Waals surface area contributed by atoms with E-state index in [1.807, 2.05) is 54.6 Å². The number of ether oxygens (including phenoxy) is 2. The zero-order valence-electron chi connectivity index (χ0n) is 14.8. The summed E-state index contributed by atoms with van der Waals surface area (Å²) in [5.74, 6) is 1.36. The largest absolute Gasteiger partial charge is 0.497 e. The van der Waals surface area contributed by atoms with Gasteiger partial charge in [-0.05, 0) is 36.8 Å². The lowest BCUT2D eigenvalue weighted by Crippen LogP contribution is -2.50. The molecular formula is C19H25ClN2O3. The molecule has 2 aromatic rings. The molecule has 1 unspecified atom stereocenters. The highest BCUT2D eigenvalue weighted by atomic mass is 35.5. The molecule has 0 heterocycles. The normalized spacial score (nSPS) is 12.5. The van der Waals surface area contributed by atoms with Crippen LogP contribution in [0.25, 0.3) is 0 Å². The Labute approximate surface area is 155 Å². The van der Waals surface area contributed by atoms with Crippen LogP contribution in [-0.4, -0.2) is 38.1 Å². The molecule has 136 valence electrons. The molecule has 0 bridgehead atoms. The number of nitrogens with two attached hydrogens (primary N) is 1. The maximum Gasteiger partial charge on any atom is 0.246 e. The fraction of sp³-hybridized carbons (Fsp3) is 0.316. The zero-order chi connectivity index (χ0) is 17.6. The van der Waals surface area contributed by atoms with E-state index in [1.165, 1.54) is 0 Å². The van der Waals surface area contributed by atoms with Crippen LogP contribution in [0.15, 0.2) is 54.6 Å². The van der Waals surface area contributed by atoms with Crippen LogP contribution < -0.4 is 15.2 Å². The number of halogens is 1. The second kappa shape index (κ2) is 9.30. The molecule has 1 amide bonds. The molecule has 0 aliphatic heterocycles. The fourth-order valence-corrected chi connectivity index (χ4v) is 2.38. The molecule has 2 N–H and O–H groups in total. The Hall–Kier alpha value is -2.24. The Balaban J connectivity index is 0.00000312. The molecule has 25 heavy (non-hydrogen) atoms. The van der Waals surface area contributed by atoms with Gasteiger partial charge in [-0.1, -0.05) is 30.3 Å². The van der Waals surface area contributed by atoms with Crippen LogP contribution in [0.1, 0.15) is 12.5 Å². The van der Waals surface area contributed by atoms with Gasteiger partial charge < -0.3 is 20.1 Å². The van der Waals surface area contributed by atoms with Crippen molar-refractivity contribution < 1.29 is 14.3 Å². The van der Waals surface area contributed by atoms with Crippen molar-refractivity contribution in [1.82, 2.24) is 4.90 Å². The minimum atomic E-state index is -1.06. The van der Waals surface area contributed by atoms with Crippen LogP contribution in [0.4, 0.5) is 0 Å². The summed E-state index contributed by atoms with van der Waals surface area (Å²) in [5.41, 5.74) is 5.98. The van der Waals surface area contributed by atoms with Crippen molar-refractivity contribution in [2.75, 3.05) is 27.3 Å². The van der Waals surface area contributed by atoms with Crippen molar-refractivity contribution in [2.45, 2.75) is 12.5 Å². The van der Waals surface area contributed by atoms with Crippen LogP contribution in [0.3, 0.4) is 0 Å². The highest BCUT2D eigenvalue weighted by Gasteiger charge is 2.32. The third-order valence-electron chi connectivity index (χ3n) is 3.92. The Bertz CT molecular complexity index is 660. The molecule has 2 rings (SSSR count). The topological polar surface area (TPSA) is 64.8 Å². The molecule has 0 radical (unpaired) electrons. The first kappa shape index (κ1) is 20.8. The number of hydrogen-bond acceptors (Lipinski definition) is 4. The van der Waals surface area contributed by atoms with Gasteiger partial charge in [-0.2, -0.15) is 0 Å². The van der Waals surface area contributed by atoms with Gasteiger partial charge in [0.15, 0.2) is 0 Å². The molecule has 0 aliphatic rings. The lowest BCUT2D eigenvalue weighted by atomic mass is 9.92. The van der Waals surface area contributed by atoms with Gasteiger partial charge in [0.1, 0.15) is 23.6 Å². The summed E-state index contributed by atoms with van der Waals surface area (Å²) in [6.07, 6.45) is 0. The smallest absolute Gasteiger partial charge is 0.246 e. The van der Waals surface area contributed by atoms with E-state index in [-0.39, 0.29) is 18.3 Å². The van der Waals surface area contributed by atoms with E-state index in [9.17, 15) is 4.79 Å². The summed E-state index contributed by atoms with van der Waals surface area (Å²) < 4.78 is 10.8. The minimum Gasteiger partial charge on any atom is -0.497 e. The summed E-state index contributed by atoms with van der Waals surface area (Å²) in [6.45, 7) is 2.56. The second-order valence-corrected chi connectivity index (χ2v) is 5.82. The van der Waals surface area contributed by atoms with Gasteiger partial charge >= 0.3 is 0 Å². The van der Waals surface area contributed by atoms with Gasteiger partial charge in [0.25, 0.3) is 0 Å². The maximum atomic E-state index is 12.6. The monoisotopic (exact) mass is 364 g/mol. The van der Waals surface area contributed by atoms with E-state index in [2.05, 4.69) is 0 Å². The fourth-order valence-electron chi connectivity index (χ4n) is 2.38. The average molecular weight is 365 g/mol. The molecule has 0 saturated heterocycles. The van der Waals surface area contributed by atoms with Gasteiger partial charge in [-0.15, -0.1) is 12.4 Å². The second-order valence-electron chi connectivity index (χ2n) is 5.82. The van der Waals surface area contributed by atoms with E-state index in [0.717, 1.165) is 17.1 Å². The molecule has 0 aliphatic carbocycles. The molecule has 0 spiro atoms. The van der Waals surface area contributed by atoms with E-state index < -0.39 is 5.54 Å². The molecule has 2 aromatic carbocycles. The summed E-state index contributed by atoms with van der Waals surface area (Å²) in [4.78, 5) is 14.2. The average Bonchev–Trinajstić information content (AvgIpc) is 2.62. The quantitative estimate of drug-likeness (QED) is 0.820. The number of rotatable bonds is 7. The van der Waals surface area contributed by atoms with Crippen molar-refractivity contribution in [3.63, 3.8) is 0 Å². The summed E-state index contributed by atoms with van der Waals surface area (Å²) in [6, 6.07) is 16.7. The number of amides is 1. The van der Waals surface area contributed by atoms with Gasteiger partial charge in [-0.25, -0.2) is 0 Å². The molecular weight excluding hydrogens is 340 g/mol. The molecule has 0 saturated carbocycles. The maximum absolute atomic E-state index is 12.6. The van der Waals surface area contributed by atoms with Crippen molar-refractivity contribution in [2.24, 2.45) is 5.73 Å². The van der Waals surface area contributed by atoms with Crippen molar-refractivity contribution in [3.8, 4) is 11.5 Å². The van der Waals surface area contributed by atoms with Crippen LogP contribution >= 0.6 is 12.4 Å². The number of carbonyl (C=O) groups is 1. The first-order chi connectivity index (χ1) is 11.4. The third-order valence-corrected chi connectivity index (χ3v) is 3.92. The highest BCUT2D eigenvalue weighted by Crippen LogP contribution is 2.20. The number of benzene rings is 2. The minimum absolute atomic E-state index is 0.